The van der Waals surface area contributed by atoms with E-state index in [1.54, 1.807) is 13.8 Å². The normalized spacial score (nSPS) is 11.0. The van der Waals surface area contributed by atoms with Crippen molar-refractivity contribution >= 4 is 36.2 Å². The zero-order chi connectivity index (χ0) is 38.3. The standard InChI is InChI=1S/C38H42O14/c1-6-29(50-37(43)47-23-11-9-21-45-33(39)7-2)16-13-26(4)35(41)52-32-20-19-31(25-27(32)5)49-36(42)28-14-17-30(18-15-28)51-38(44)48-24-12-10-22-46-34(40)8-3/h7-8,13-20,25H,2-3,6,9-12,21-24H2,1,4-5H3/b26-13+,29-16+. The van der Waals surface area contributed by atoms with Crippen LogP contribution in [0.2, 0.25) is 0 Å². The van der Waals surface area contributed by atoms with Crippen LogP contribution in [0.25, 0.3) is 0 Å². The van der Waals surface area contributed by atoms with Crippen LogP contribution in [0.15, 0.2) is 91.3 Å². The zero-order valence-electron chi connectivity index (χ0n) is 29.3. The molecule has 0 aromatic heterocycles. The van der Waals surface area contributed by atoms with Gasteiger partial charge in [0.25, 0.3) is 0 Å². The summed E-state index contributed by atoms with van der Waals surface area (Å²) in [6, 6.07) is 10.1. The molecule has 0 aliphatic carbocycles. The minimum Gasteiger partial charge on any atom is -0.463 e. The Morgan fingerprint density at radius 2 is 1.19 bits per heavy atom. The summed E-state index contributed by atoms with van der Waals surface area (Å²) < 4.78 is 40.9. The Balaban J connectivity index is 1.81. The summed E-state index contributed by atoms with van der Waals surface area (Å²) in [7, 11) is 0. The molecule has 0 atom stereocenters. The first-order chi connectivity index (χ1) is 24.9. The first-order valence-corrected chi connectivity index (χ1v) is 16.3. The van der Waals surface area contributed by atoms with Crippen molar-refractivity contribution in [3.8, 4) is 17.2 Å². The van der Waals surface area contributed by atoms with E-state index in [9.17, 15) is 28.8 Å². The minimum atomic E-state index is -0.926. The third kappa shape index (κ3) is 16.5. The number of unbranched alkanes of at least 4 members (excludes halogenated alkanes) is 2. The van der Waals surface area contributed by atoms with Crippen molar-refractivity contribution in [3.05, 3.63) is 102 Å². The second kappa shape index (κ2) is 23.3. The molecule has 0 spiro atoms. The van der Waals surface area contributed by atoms with Crippen LogP contribution in [-0.4, -0.2) is 62.6 Å². The maximum absolute atomic E-state index is 12.7. The van der Waals surface area contributed by atoms with Crippen molar-refractivity contribution in [1.29, 1.82) is 0 Å². The third-order valence-electron chi connectivity index (χ3n) is 6.59. The topological polar surface area (TPSA) is 176 Å². The number of benzene rings is 2. The summed E-state index contributed by atoms with van der Waals surface area (Å²) in [5.74, 6) is -1.53. The van der Waals surface area contributed by atoms with Crippen molar-refractivity contribution in [2.75, 3.05) is 26.4 Å². The number of hydrogen-bond acceptors (Lipinski definition) is 14. The number of aryl methyl sites for hydroxylation is 1. The van der Waals surface area contributed by atoms with Gasteiger partial charge in [0.1, 0.15) is 23.0 Å². The number of carbonyl (C=O) groups excluding carboxylic acids is 6. The molecule has 14 nitrogen and oxygen atoms in total. The Morgan fingerprint density at radius 1 is 0.654 bits per heavy atom. The van der Waals surface area contributed by atoms with Gasteiger partial charge in [-0.15, -0.1) is 0 Å². The summed E-state index contributed by atoms with van der Waals surface area (Å²) in [6.45, 7) is 12.1. The lowest BCUT2D eigenvalue weighted by atomic mass is 10.2. The van der Waals surface area contributed by atoms with Gasteiger partial charge in [0.2, 0.25) is 0 Å². The van der Waals surface area contributed by atoms with Gasteiger partial charge in [0, 0.05) is 24.1 Å². The summed E-state index contributed by atoms with van der Waals surface area (Å²) in [6.07, 6.45) is 5.47. The summed E-state index contributed by atoms with van der Waals surface area (Å²) in [5, 5.41) is 0. The van der Waals surface area contributed by atoms with E-state index in [0.29, 0.717) is 37.7 Å². The monoisotopic (exact) mass is 722 g/mol. The van der Waals surface area contributed by atoms with Crippen LogP contribution < -0.4 is 14.2 Å². The van der Waals surface area contributed by atoms with Crippen LogP contribution in [0.4, 0.5) is 9.59 Å². The molecule has 2 rings (SSSR count). The van der Waals surface area contributed by atoms with Crippen LogP contribution in [0.1, 0.15) is 61.9 Å². The highest BCUT2D eigenvalue weighted by Gasteiger charge is 2.15. The third-order valence-corrected chi connectivity index (χ3v) is 6.59. The van der Waals surface area contributed by atoms with E-state index in [4.69, 9.17) is 37.9 Å². The predicted octanol–water partition coefficient (Wildman–Crippen LogP) is 7.05. The van der Waals surface area contributed by atoms with Crippen LogP contribution in [0.3, 0.4) is 0 Å². The van der Waals surface area contributed by atoms with E-state index in [-0.39, 0.29) is 60.6 Å². The molecule has 0 aliphatic rings. The van der Waals surface area contributed by atoms with Gasteiger partial charge in [-0.2, -0.15) is 0 Å². The average molecular weight is 723 g/mol. The minimum absolute atomic E-state index is 0.0669. The van der Waals surface area contributed by atoms with Gasteiger partial charge < -0.3 is 37.9 Å². The second-order valence-electron chi connectivity index (χ2n) is 10.6. The molecule has 0 radical (unpaired) electrons. The Labute approximate surface area is 301 Å². The highest BCUT2D eigenvalue weighted by Crippen LogP contribution is 2.25. The fraction of sp³-hybridized carbons (Fsp3) is 0.316. The predicted molar refractivity (Wildman–Crippen MR) is 186 cm³/mol. The molecule has 14 heteroatoms. The molecule has 0 unspecified atom stereocenters. The van der Waals surface area contributed by atoms with Crippen molar-refractivity contribution in [1.82, 2.24) is 0 Å². The second-order valence-corrected chi connectivity index (χ2v) is 10.6. The van der Waals surface area contributed by atoms with E-state index in [1.165, 1.54) is 61.5 Å². The van der Waals surface area contributed by atoms with Crippen molar-refractivity contribution in [2.45, 2.75) is 52.9 Å². The summed E-state index contributed by atoms with van der Waals surface area (Å²) >= 11 is 0. The highest BCUT2D eigenvalue weighted by molar-refractivity contribution is 5.92. The Kier molecular flexibility index (Phi) is 18.8. The number of esters is 4. The molecule has 2 aromatic rings. The molecule has 0 bridgehead atoms. The van der Waals surface area contributed by atoms with Crippen molar-refractivity contribution in [2.24, 2.45) is 0 Å². The molecule has 52 heavy (non-hydrogen) atoms. The molecule has 278 valence electrons. The number of rotatable bonds is 20. The van der Waals surface area contributed by atoms with Gasteiger partial charge in [-0.25, -0.2) is 28.8 Å². The lowest BCUT2D eigenvalue weighted by molar-refractivity contribution is -0.138. The van der Waals surface area contributed by atoms with E-state index in [0.717, 1.165) is 12.2 Å². The van der Waals surface area contributed by atoms with Crippen LogP contribution >= 0.6 is 0 Å². The van der Waals surface area contributed by atoms with Crippen molar-refractivity contribution < 1.29 is 66.7 Å². The SMILES string of the molecule is C=CC(=O)OCCCCOC(=O)O/C(=C/C=C(\C)C(=O)Oc1ccc(OC(=O)c2ccc(OC(=O)OCCCCOC(=O)C=C)cc2)cc1C)CC. The maximum Gasteiger partial charge on any atom is 0.513 e. The molecular formula is C38H42O14. The van der Waals surface area contributed by atoms with Crippen LogP contribution in [-0.2, 0) is 38.1 Å². The molecule has 0 saturated carbocycles. The Morgan fingerprint density at radius 3 is 1.73 bits per heavy atom. The molecule has 0 fully saturated rings. The van der Waals surface area contributed by atoms with Gasteiger partial charge in [0.15, 0.2) is 0 Å². The van der Waals surface area contributed by atoms with E-state index >= 15 is 0 Å². The largest absolute Gasteiger partial charge is 0.513 e. The molecule has 0 amide bonds. The number of allylic oxidation sites excluding steroid dienone is 3. The van der Waals surface area contributed by atoms with Gasteiger partial charge in [0.05, 0.1) is 32.0 Å². The van der Waals surface area contributed by atoms with Gasteiger partial charge in [-0.3, -0.25) is 0 Å². The van der Waals surface area contributed by atoms with E-state index < -0.39 is 36.2 Å². The van der Waals surface area contributed by atoms with Crippen LogP contribution in [0.5, 0.6) is 17.2 Å². The molecule has 0 N–H and O–H groups in total. The average Bonchev–Trinajstić information content (AvgIpc) is 3.13. The first kappa shape index (κ1) is 42.0. The lowest BCUT2D eigenvalue weighted by Crippen LogP contribution is -2.13. The van der Waals surface area contributed by atoms with E-state index in [2.05, 4.69) is 13.2 Å². The smallest absolute Gasteiger partial charge is 0.463 e. The summed E-state index contributed by atoms with van der Waals surface area (Å²) in [5.41, 5.74) is 0.918. The van der Waals surface area contributed by atoms with Crippen LogP contribution in [0, 0.1) is 6.92 Å². The first-order valence-electron chi connectivity index (χ1n) is 16.3. The number of ether oxygens (including phenoxy) is 8. The molecule has 0 saturated heterocycles. The lowest BCUT2D eigenvalue weighted by Gasteiger charge is -2.10. The molecular weight excluding hydrogens is 680 g/mol. The fourth-order valence-corrected chi connectivity index (χ4v) is 3.76. The highest BCUT2D eigenvalue weighted by atomic mass is 16.7. The van der Waals surface area contributed by atoms with Gasteiger partial charge in [-0.05, 0) is 99.7 Å². The Bertz CT molecular complexity index is 1640. The molecule has 2 aromatic carbocycles. The van der Waals surface area contributed by atoms with Crippen molar-refractivity contribution in [3.63, 3.8) is 0 Å². The fourth-order valence-electron chi connectivity index (χ4n) is 3.76. The quantitative estimate of drug-likeness (QED) is 0.0199. The van der Waals surface area contributed by atoms with Gasteiger partial charge in [-0.1, -0.05) is 20.1 Å². The number of carbonyl (C=O) groups is 6. The summed E-state index contributed by atoms with van der Waals surface area (Å²) in [4.78, 5) is 71.3. The maximum atomic E-state index is 12.7. The van der Waals surface area contributed by atoms with E-state index in [1.807, 2.05) is 0 Å². The number of hydrogen-bond donors (Lipinski definition) is 0. The molecule has 0 heterocycles. The zero-order valence-corrected chi connectivity index (χ0v) is 29.3. The molecule has 0 aliphatic heterocycles. The Hall–Kier alpha value is -6.18. The van der Waals surface area contributed by atoms with Gasteiger partial charge >= 0.3 is 36.2 Å².